The molecule has 1 atom stereocenters. The molecule has 8 heteroatoms. The fourth-order valence-corrected chi connectivity index (χ4v) is 3.15. The molecule has 0 spiro atoms. The lowest BCUT2D eigenvalue weighted by molar-refractivity contribution is -0.128. The van der Waals surface area contributed by atoms with Gasteiger partial charge in [0.1, 0.15) is 5.69 Å². The van der Waals surface area contributed by atoms with Crippen LogP contribution in [0.3, 0.4) is 0 Å². The van der Waals surface area contributed by atoms with Crippen molar-refractivity contribution in [2.75, 3.05) is 39.1 Å². The molecule has 1 fully saturated rings. The van der Waals surface area contributed by atoms with Gasteiger partial charge in [-0.3, -0.25) is 14.7 Å². The molecule has 8 nitrogen and oxygen atoms in total. The molecule has 4 N–H and O–H groups in total. The summed E-state index contributed by atoms with van der Waals surface area (Å²) in [5, 5.41) is 9.57. The van der Waals surface area contributed by atoms with E-state index in [0.717, 1.165) is 5.56 Å². The van der Waals surface area contributed by atoms with Crippen molar-refractivity contribution in [1.82, 2.24) is 20.4 Å². The average molecular weight is 357 g/mol. The van der Waals surface area contributed by atoms with Crippen LogP contribution in [0, 0.1) is 5.92 Å². The zero-order chi connectivity index (χ0) is 18.5. The van der Waals surface area contributed by atoms with Crippen molar-refractivity contribution in [2.24, 2.45) is 5.92 Å². The van der Waals surface area contributed by atoms with E-state index >= 15 is 0 Å². The minimum atomic E-state index is -0.282. The number of hydrogen-bond donors (Lipinski definition) is 3. The van der Waals surface area contributed by atoms with Gasteiger partial charge in [-0.05, 0) is 5.56 Å². The van der Waals surface area contributed by atoms with E-state index in [1.54, 1.807) is 12.0 Å². The Morgan fingerprint density at radius 1 is 1.42 bits per heavy atom. The lowest BCUT2D eigenvalue weighted by atomic mass is 10.0. The van der Waals surface area contributed by atoms with Crippen molar-refractivity contribution in [3.8, 4) is 11.1 Å². The van der Waals surface area contributed by atoms with E-state index in [0.29, 0.717) is 43.9 Å². The first kappa shape index (κ1) is 17.9. The maximum absolute atomic E-state index is 12.6. The second-order valence-electron chi connectivity index (χ2n) is 6.34. The normalized spacial score (nSPS) is 16.9. The summed E-state index contributed by atoms with van der Waals surface area (Å²) in [6, 6.07) is 9.40. The predicted molar refractivity (Wildman–Crippen MR) is 97.3 cm³/mol. The molecule has 2 amide bonds. The first-order valence-corrected chi connectivity index (χ1v) is 8.54. The smallest absolute Gasteiger partial charge is 0.270 e. The molecule has 0 unspecified atom stereocenters. The number of H-pyrrole nitrogens is 1. The second kappa shape index (κ2) is 8.01. The van der Waals surface area contributed by atoms with Crippen LogP contribution in [0.25, 0.3) is 11.1 Å². The van der Waals surface area contributed by atoms with Crippen molar-refractivity contribution in [3.63, 3.8) is 0 Å². The highest BCUT2D eigenvalue weighted by Crippen LogP contribution is 2.27. The zero-order valence-corrected chi connectivity index (χ0v) is 14.7. The van der Waals surface area contributed by atoms with Gasteiger partial charge in [0, 0.05) is 39.1 Å². The van der Waals surface area contributed by atoms with Gasteiger partial charge in [-0.15, -0.1) is 0 Å². The van der Waals surface area contributed by atoms with Crippen LogP contribution in [0.4, 0.5) is 5.82 Å². The molecule has 3 rings (SSSR count). The Bertz CT molecular complexity index is 774. The summed E-state index contributed by atoms with van der Waals surface area (Å²) in [6.45, 7) is 2.13. The number of amides is 2. The van der Waals surface area contributed by atoms with Gasteiger partial charge in [0.05, 0.1) is 12.2 Å². The summed E-state index contributed by atoms with van der Waals surface area (Å²) in [7, 11) is 1.61. The number of likely N-dealkylation sites (tertiary alicyclic amines) is 1. The van der Waals surface area contributed by atoms with Gasteiger partial charge < -0.3 is 20.7 Å². The number of nitrogen functional groups attached to an aromatic ring is 1. The summed E-state index contributed by atoms with van der Waals surface area (Å²) in [4.78, 5) is 26.3. The fraction of sp³-hybridized carbons (Fsp3) is 0.389. The molecule has 138 valence electrons. The molecule has 2 heterocycles. The first-order chi connectivity index (χ1) is 12.6. The average Bonchev–Trinajstić information content (AvgIpc) is 3.21. The molecular weight excluding hydrogens is 334 g/mol. The zero-order valence-electron chi connectivity index (χ0n) is 14.7. The Labute approximate surface area is 151 Å². The van der Waals surface area contributed by atoms with Crippen LogP contribution in [-0.2, 0) is 9.53 Å². The van der Waals surface area contributed by atoms with E-state index in [2.05, 4.69) is 15.5 Å². The fourth-order valence-electron chi connectivity index (χ4n) is 3.15. The van der Waals surface area contributed by atoms with E-state index in [9.17, 15) is 9.59 Å². The number of methoxy groups -OCH3 is 1. The van der Waals surface area contributed by atoms with Crippen molar-refractivity contribution in [3.05, 3.63) is 36.0 Å². The number of rotatable bonds is 7. The number of aromatic nitrogens is 2. The number of aromatic amines is 1. The predicted octanol–water partition coefficient (Wildman–Crippen LogP) is 0.884. The summed E-state index contributed by atoms with van der Waals surface area (Å²) in [5.74, 6) is 0.180. The van der Waals surface area contributed by atoms with Crippen molar-refractivity contribution >= 4 is 17.6 Å². The summed E-state index contributed by atoms with van der Waals surface area (Å²) >= 11 is 0. The SMILES string of the molecule is COCCN1C[C@H](CNC(=O)c2[nH]nc(N)c2-c2ccccc2)CC1=O. The van der Waals surface area contributed by atoms with Crippen LogP contribution in [0.5, 0.6) is 0 Å². The number of nitrogens with zero attached hydrogens (tertiary/aromatic N) is 2. The molecule has 26 heavy (non-hydrogen) atoms. The van der Waals surface area contributed by atoms with Crippen LogP contribution < -0.4 is 11.1 Å². The number of nitrogens with two attached hydrogens (primary N) is 1. The highest BCUT2D eigenvalue weighted by molar-refractivity contribution is 6.01. The number of hydrogen-bond acceptors (Lipinski definition) is 5. The van der Waals surface area contributed by atoms with Crippen molar-refractivity contribution in [2.45, 2.75) is 6.42 Å². The monoisotopic (exact) mass is 357 g/mol. The Hall–Kier alpha value is -2.87. The first-order valence-electron chi connectivity index (χ1n) is 8.54. The Kier molecular flexibility index (Phi) is 5.52. The van der Waals surface area contributed by atoms with Gasteiger partial charge >= 0.3 is 0 Å². The standard InChI is InChI=1S/C18H23N5O3/c1-26-8-7-23-11-12(9-14(23)24)10-20-18(25)16-15(17(19)22-21-16)13-5-3-2-4-6-13/h2-6,12H,7-11H2,1H3,(H,20,25)(H3,19,21,22)/t12-/m0/s1. The number of ether oxygens (including phenoxy) is 1. The molecule has 0 aliphatic carbocycles. The number of anilines is 1. The Morgan fingerprint density at radius 2 is 2.19 bits per heavy atom. The second-order valence-corrected chi connectivity index (χ2v) is 6.34. The summed E-state index contributed by atoms with van der Waals surface area (Å²) in [6.07, 6.45) is 0.431. The molecule has 0 bridgehead atoms. The van der Waals surface area contributed by atoms with Crippen LogP contribution in [0.2, 0.25) is 0 Å². The van der Waals surface area contributed by atoms with E-state index in [4.69, 9.17) is 10.5 Å². The molecule has 1 aromatic carbocycles. The minimum absolute atomic E-state index is 0.0868. The molecule has 0 saturated carbocycles. The highest BCUT2D eigenvalue weighted by atomic mass is 16.5. The number of nitrogens with one attached hydrogen (secondary N) is 2. The molecule has 1 aromatic heterocycles. The number of carbonyl (C=O) groups excluding carboxylic acids is 2. The lowest BCUT2D eigenvalue weighted by Crippen LogP contribution is -2.32. The third-order valence-corrected chi connectivity index (χ3v) is 4.50. The van der Waals surface area contributed by atoms with Crippen LogP contribution >= 0.6 is 0 Å². The van der Waals surface area contributed by atoms with Crippen LogP contribution in [0.15, 0.2) is 30.3 Å². The molecular formula is C18H23N5O3. The molecule has 1 aliphatic rings. The van der Waals surface area contributed by atoms with Crippen LogP contribution in [0.1, 0.15) is 16.9 Å². The summed E-state index contributed by atoms with van der Waals surface area (Å²) < 4.78 is 5.01. The van der Waals surface area contributed by atoms with E-state index in [1.807, 2.05) is 30.3 Å². The summed E-state index contributed by atoms with van der Waals surface area (Å²) in [5.41, 5.74) is 7.67. The van der Waals surface area contributed by atoms with Gasteiger partial charge in [0.15, 0.2) is 5.82 Å². The number of carbonyl (C=O) groups is 2. The molecule has 2 aromatic rings. The van der Waals surface area contributed by atoms with Crippen molar-refractivity contribution in [1.29, 1.82) is 0 Å². The maximum atomic E-state index is 12.6. The van der Waals surface area contributed by atoms with Crippen LogP contribution in [-0.4, -0.2) is 60.3 Å². The van der Waals surface area contributed by atoms with Gasteiger partial charge in [0.25, 0.3) is 5.91 Å². The van der Waals surface area contributed by atoms with E-state index in [-0.39, 0.29) is 23.6 Å². The topological polar surface area (TPSA) is 113 Å². The number of benzene rings is 1. The van der Waals surface area contributed by atoms with Crippen molar-refractivity contribution < 1.29 is 14.3 Å². The van der Waals surface area contributed by atoms with Gasteiger partial charge in [0.2, 0.25) is 5.91 Å². The highest BCUT2D eigenvalue weighted by Gasteiger charge is 2.30. The molecule has 1 aliphatic heterocycles. The van der Waals surface area contributed by atoms with E-state index < -0.39 is 0 Å². The van der Waals surface area contributed by atoms with Gasteiger partial charge in [-0.25, -0.2) is 0 Å². The molecule has 1 saturated heterocycles. The van der Waals surface area contributed by atoms with Gasteiger partial charge in [-0.2, -0.15) is 5.10 Å². The largest absolute Gasteiger partial charge is 0.383 e. The quantitative estimate of drug-likeness (QED) is 0.681. The van der Waals surface area contributed by atoms with Gasteiger partial charge in [-0.1, -0.05) is 30.3 Å². The molecule has 0 radical (unpaired) electrons. The maximum Gasteiger partial charge on any atom is 0.270 e. The third-order valence-electron chi connectivity index (χ3n) is 4.50. The lowest BCUT2D eigenvalue weighted by Gasteiger charge is -2.16. The Balaban J connectivity index is 1.63. The minimum Gasteiger partial charge on any atom is -0.383 e. The third kappa shape index (κ3) is 3.85. The van der Waals surface area contributed by atoms with E-state index in [1.165, 1.54) is 0 Å². The Morgan fingerprint density at radius 3 is 2.92 bits per heavy atom.